The molecule has 4 heterocycles. The van der Waals surface area contributed by atoms with Crippen LogP contribution < -0.4 is 20.5 Å². The van der Waals surface area contributed by atoms with Gasteiger partial charge in [0.05, 0.1) is 13.2 Å². The number of ether oxygens (including phenoxy) is 2. The molecular formula is C52H65BrF6N10O4. The van der Waals surface area contributed by atoms with E-state index < -0.39 is 36.3 Å². The molecule has 0 radical (unpaired) electrons. The molecule has 2 aromatic heterocycles. The second-order valence-electron chi connectivity index (χ2n) is 17.3. The summed E-state index contributed by atoms with van der Waals surface area (Å²) in [6.45, 7) is 20.3. The van der Waals surface area contributed by atoms with Crippen LogP contribution >= 0.6 is 15.9 Å². The van der Waals surface area contributed by atoms with Crippen LogP contribution in [-0.2, 0) is 11.9 Å². The third-order valence-corrected chi connectivity index (χ3v) is 12.9. The average molecular weight is 1090 g/mol. The summed E-state index contributed by atoms with van der Waals surface area (Å²) >= 11 is 3.12. The summed E-state index contributed by atoms with van der Waals surface area (Å²) in [5.74, 6) is -1.07. The Kier molecular flexibility index (Phi) is 23.1. The number of nitrogens with one attached hydrogen (secondary N) is 1. The van der Waals surface area contributed by atoms with Gasteiger partial charge >= 0.3 is 12.9 Å². The lowest BCUT2D eigenvalue weighted by molar-refractivity contribution is 0.115. The van der Waals surface area contributed by atoms with Gasteiger partial charge in [-0.05, 0) is 130 Å². The van der Waals surface area contributed by atoms with Crippen molar-refractivity contribution in [3.05, 3.63) is 119 Å². The van der Waals surface area contributed by atoms with Crippen molar-refractivity contribution in [2.45, 2.75) is 64.3 Å². The number of hydrogen-bond acceptors (Lipinski definition) is 14. The SMILES string of the molecule is CCN1CCN(CCCCOc2ccc(N)cc2)CC1.CCN1CCN(CCCCOc2ccc(NCc3ccc(-c4nnc(C(F)F)o4)cc3F)cc2)CC1.Fc1cc(-c2nnc(C(F)F)o2)ccc1CBr. The fraction of sp³-hybridized carbons (Fsp3) is 0.462. The smallest absolute Gasteiger partial charge is 0.314 e. The standard InChI is InChI=1S/C26H32F3N5O2.C16H27N3O.C10H6BrF3N2O/c1-2-33-12-14-34(15-13-33)11-3-4-16-35-22-9-7-21(8-10-22)30-18-20-6-5-19(17-23(20)27)25-31-32-26(36-25)24(28)29;1-2-18-10-12-19(13-11-18)9-3-4-14-20-16-7-5-15(17)6-8-16;11-4-6-2-1-5(3-7(6)12)9-15-16-10(17-9)8(13)14/h5-10,17,24,30H,2-4,11-16,18H2,1H3;5-8H,2-4,9-14,17H2,1H3;1-3,8H,4H2. The van der Waals surface area contributed by atoms with E-state index in [0.29, 0.717) is 23.1 Å². The third-order valence-electron chi connectivity index (χ3n) is 12.3. The molecule has 2 fully saturated rings. The Balaban J connectivity index is 0.000000197. The van der Waals surface area contributed by atoms with Gasteiger partial charge in [0.2, 0.25) is 11.8 Å². The second-order valence-corrected chi connectivity index (χ2v) is 17.9. The van der Waals surface area contributed by atoms with Gasteiger partial charge in [-0.1, -0.05) is 41.9 Å². The number of halogens is 7. The van der Waals surface area contributed by atoms with Gasteiger partial charge < -0.3 is 49.0 Å². The highest BCUT2D eigenvalue weighted by Crippen LogP contribution is 2.27. The van der Waals surface area contributed by atoms with Gasteiger partial charge in [0.1, 0.15) is 23.1 Å². The molecule has 0 bridgehead atoms. The van der Waals surface area contributed by atoms with Crippen molar-refractivity contribution < 1.29 is 44.7 Å². The Morgan fingerprint density at radius 1 is 0.575 bits per heavy atom. The Morgan fingerprint density at radius 2 is 1.00 bits per heavy atom. The van der Waals surface area contributed by atoms with Crippen LogP contribution in [0.25, 0.3) is 22.9 Å². The maximum absolute atomic E-state index is 14.5. The molecule has 0 aliphatic carbocycles. The predicted octanol–water partition coefficient (Wildman–Crippen LogP) is 11.0. The number of alkyl halides is 5. The summed E-state index contributed by atoms with van der Waals surface area (Å²) in [7, 11) is 0. The molecule has 2 aliphatic rings. The molecular weight excluding hydrogens is 1020 g/mol. The molecule has 6 aromatic rings. The molecule has 8 rings (SSSR count). The van der Waals surface area contributed by atoms with Gasteiger partial charge in [0.15, 0.2) is 0 Å². The molecule has 3 N–H and O–H groups in total. The Bertz CT molecular complexity index is 2510. The molecule has 2 saturated heterocycles. The van der Waals surface area contributed by atoms with Crippen molar-refractivity contribution in [2.75, 3.05) is 103 Å². The fourth-order valence-electron chi connectivity index (χ4n) is 7.83. The van der Waals surface area contributed by atoms with Gasteiger partial charge in [0.25, 0.3) is 11.8 Å². The summed E-state index contributed by atoms with van der Waals surface area (Å²) in [6, 6.07) is 23.7. The number of anilines is 2. The number of likely N-dealkylation sites (N-methyl/N-ethyl adjacent to an activating group) is 2. The van der Waals surface area contributed by atoms with Gasteiger partial charge in [-0.15, -0.1) is 20.4 Å². The minimum absolute atomic E-state index is 0.125. The van der Waals surface area contributed by atoms with Crippen LogP contribution in [0.1, 0.15) is 75.3 Å². The average Bonchev–Trinajstić information content (AvgIpc) is 4.13. The van der Waals surface area contributed by atoms with E-state index in [-0.39, 0.29) is 29.5 Å². The van der Waals surface area contributed by atoms with E-state index in [0.717, 1.165) is 88.0 Å². The summed E-state index contributed by atoms with van der Waals surface area (Å²) in [6.07, 6.45) is -1.25. The number of rotatable bonds is 22. The zero-order valence-electron chi connectivity index (χ0n) is 41.3. The second kappa shape index (κ2) is 29.8. The molecule has 21 heteroatoms. The van der Waals surface area contributed by atoms with E-state index >= 15 is 0 Å². The number of aromatic nitrogens is 4. The molecule has 396 valence electrons. The highest BCUT2D eigenvalue weighted by atomic mass is 79.9. The molecule has 0 amide bonds. The molecule has 0 saturated carbocycles. The third kappa shape index (κ3) is 18.6. The van der Waals surface area contributed by atoms with Crippen molar-refractivity contribution >= 4 is 27.3 Å². The van der Waals surface area contributed by atoms with Crippen LogP contribution in [0.5, 0.6) is 11.5 Å². The lowest BCUT2D eigenvalue weighted by Gasteiger charge is -2.33. The van der Waals surface area contributed by atoms with Crippen LogP contribution in [-0.4, -0.2) is 132 Å². The van der Waals surface area contributed by atoms with Crippen molar-refractivity contribution in [1.29, 1.82) is 0 Å². The van der Waals surface area contributed by atoms with Crippen LogP contribution in [0.4, 0.5) is 37.7 Å². The molecule has 4 aromatic carbocycles. The van der Waals surface area contributed by atoms with Crippen molar-refractivity contribution in [1.82, 2.24) is 40.0 Å². The lowest BCUT2D eigenvalue weighted by atomic mass is 10.1. The van der Waals surface area contributed by atoms with Crippen molar-refractivity contribution in [3.63, 3.8) is 0 Å². The number of unbranched alkanes of at least 4 members (excludes halogenated alkanes) is 2. The summed E-state index contributed by atoms with van der Waals surface area (Å²) in [5, 5.41) is 16.9. The zero-order valence-corrected chi connectivity index (χ0v) is 42.9. The van der Waals surface area contributed by atoms with Crippen LogP contribution in [0.15, 0.2) is 93.8 Å². The number of piperazine rings is 2. The highest BCUT2D eigenvalue weighted by molar-refractivity contribution is 9.08. The molecule has 2 aliphatic heterocycles. The zero-order chi connectivity index (χ0) is 52.0. The van der Waals surface area contributed by atoms with Crippen LogP contribution in [0, 0.1) is 11.6 Å². The minimum atomic E-state index is -2.87. The minimum Gasteiger partial charge on any atom is -0.494 e. The highest BCUT2D eigenvalue weighted by Gasteiger charge is 2.20. The first-order valence-corrected chi connectivity index (χ1v) is 25.7. The maximum Gasteiger partial charge on any atom is 0.314 e. The number of nitrogens with zero attached hydrogens (tertiary/aromatic N) is 8. The van der Waals surface area contributed by atoms with E-state index in [1.807, 2.05) is 48.5 Å². The number of benzene rings is 4. The largest absolute Gasteiger partial charge is 0.494 e. The first-order valence-electron chi connectivity index (χ1n) is 24.6. The summed E-state index contributed by atoms with van der Waals surface area (Å²) in [5.41, 5.74) is 8.65. The lowest BCUT2D eigenvalue weighted by Crippen LogP contribution is -2.46. The maximum atomic E-state index is 14.5. The van der Waals surface area contributed by atoms with E-state index in [9.17, 15) is 26.3 Å². The molecule has 0 spiro atoms. The molecule has 0 atom stereocenters. The number of hydrogen-bond donors (Lipinski definition) is 2. The predicted molar refractivity (Wildman–Crippen MR) is 273 cm³/mol. The number of nitrogens with two attached hydrogens (primary N) is 1. The van der Waals surface area contributed by atoms with Crippen molar-refractivity contribution in [3.8, 4) is 34.4 Å². The van der Waals surface area contributed by atoms with E-state index in [4.69, 9.17) is 24.0 Å². The van der Waals surface area contributed by atoms with Crippen LogP contribution in [0.3, 0.4) is 0 Å². The van der Waals surface area contributed by atoms with Crippen LogP contribution in [0.2, 0.25) is 0 Å². The monoisotopic (exact) mass is 1090 g/mol. The first kappa shape index (κ1) is 56.6. The van der Waals surface area contributed by atoms with E-state index in [1.165, 1.54) is 70.0 Å². The van der Waals surface area contributed by atoms with Gasteiger partial charge in [-0.2, -0.15) is 17.6 Å². The summed E-state index contributed by atoms with van der Waals surface area (Å²) in [4.78, 5) is 10.1. The quantitative estimate of drug-likeness (QED) is 0.0288. The molecule has 0 unspecified atom stereocenters. The van der Waals surface area contributed by atoms with Gasteiger partial charge in [-0.25, -0.2) is 8.78 Å². The molecule has 73 heavy (non-hydrogen) atoms. The normalized spacial score (nSPS) is 14.7. The topological polar surface area (TPSA) is 147 Å². The Morgan fingerprint density at radius 3 is 1.40 bits per heavy atom. The first-order chi connectivity index (χ1) is 35.4. The Hall–Kier alpha value is -5.74. The summed E-state index contributed by atoms with van der Waals surface area (Å²) < 4.78 is 98.8. The van der Waals surface area contributed by atoms with E-state index in [1.54, 1.807) is 12.1 Å². The van der Waals surface area contributed by atoms with Gasteiger partial charge in [0, 0.05) is 92.3 Å². The number of nitrogen functional groups attached to an aromatic ring is 1. The van der Waals surface area contributed by atoms with Crippen molar-refractivity contribution in [2.24, 2.45) is 0 Å². The van der Waals surface area contributed by atoms with Gasteiger partial charge in [-0.3, -0.25) is 0 Å². The fourth-order valence-corrected chi connectivity index (χ4v) is 8.29. The van der Waals surface area contributed by atoms with E-state index in [2.05, 4.69) is 75.1 Å². The molecule has 14 nitrogen and oxygen atoms in total. The Labute approximate surface area is 431 Å².